The lowest BCUT2D eigenvalue weighted by Gasteiger charge is -2.39. The first-order chi connectivity index (χ1) is 42.7. The van der Waals surface area contributed by atoms with Gasteiger partial charge in [-0.1, -0.05) is 55.2 Å². The highest BCUT2D eigenvalue weighted by Gasteiger charge is 2.46. The second-order valence-corrected chi connectivity index (χ2v) is 23.5. The monoisotopic (exact) mass is 1290 g/mol. The maximum Gasteiger partial charge on any atom is 0.373 e. The van der Waals surface area contributed by atoms with Gasteiger partial charge in [0, 0.05) is 48.9 Å². The number of primary amides is 1. The summed E-state index contributed by atoms with van der Waals surface area (Å²) in [6.07, 6.45) is -15.1. The van der Waals surface area contributed by atoms with Gasteiger partial charge in [-0.15, -0.1) is 0 Å². The number of carbonyl (C=O) groups is 6. The van der Waals surface area contributed by atoms with Crippen molar-refractivity contribution in [2.24, 2.45) is 23.5 Å². The van der Waals surface area contributed by atoms with Crippen molar-refractivity contribution in [3.63, 3.8) is 0 Å². The average molecular weight is 1290 g/mol. The number of hydrogen-bond donors (Lipinski definition) is 14. The fourth-order valence-corrected chi connectivity index (χ4v) is 11.9. The van der Waals surface area contributed by atoms with Gasteiger partial charge < -0.3 is 91.9 Å². The Morgan fingerprint density at radius 1 is 0.744 bits per heavy atom. The molecule has 480 valence electrons. The molecule has 0 aliphatic carbocycles. The van der Waals surface area contributed by atoms with E-state index in [4.69, 9.17) is 57.5 Å². The van der Waals surface area contributed by atoms with Crippen LogP contribution in [0.2, 0.25) is 10.0 Å². The van der Waals surface area contributed by atoms with Crippen molar-refractivity contribution in [2.75, 3.05) is 13.7 Å². The molecule has 1 fully saturated rings. The van der Waals surface area contributed by atoms with Crippen LogP contribution < -0.4 is 41.2 Å². The molecule has 6 aliphatic rings. The van der Waals surface area contributed by atoms with Crippen LogP contribution in [0.5, 0.6) is 46.0 Å². The lowest BCUT2D eigenvalue weighted by molar-refractivity contribution is -0.277. The number of aromatic hydroxyl groups is 3. The largest absolute Gasteiger partial charge is 0.508 e. The minimum atomic E-state index is -2.03. The molecule has 15 N–H and O–H groups in total. The number of amides is 4. The van der Waals surface area contributed by atoms with Crippen LogP contribution >= 0.6 is 23.2 Å². The van der Waals surface area contributed by atoms with E-state index in [-0.39, 0.29) is 115 Å². The summed E-state index contributed by atoms with van der Waals surface area (Å²) in [6.45, 7) is 2.51. The number of carbonyl (C=O) groups excluding carboxylic acids is 8. The first kappa shape index (κ1) is 67.7. The van der Waals surface area contributed by atoms with Crippen LogP contribution in [0, 0.1) is 17.8 Å². The second kappa shape index (κ2) is 29.1. The van der Waals surface area contributed by atoms with Crippen LogP contribution in [0.25, 0.3) is 11.1 Å². The predicted octanol–water partition coefficient (Wildman–Crippen LogP) is 3.55. The molecule has 0 saturated carbocycles. The van der Waals surface area contributed by atoms with Crippen molar-refractivity contribution in [3.8, 4) is 57.1 Å². The third-order valence-corrected chi connectivity index (χ3v) is 16.7. The molecule has 6 heterocycles. The van der Waals surface area contributed by atoms with Crippen molar-refractivity contribution in [1.29, 1.82) is 0 Å². The molecule has 5 aromatic rings. The normalized spacial score (nSPS) is 25.6. The zero-order chi connectivity index (χ0) is 65.6. The van der Waals surface area contributed by atoms with E-state index in [1.807, 2.05) is 13.8 Å². The van der Waals surface area contributed by atoms with E-state index in [9.17, 15) is 65.1 Å². The van der Waals surface area contributed by atoms with Crippen LogP contribution in [0.15, 0.2) is 78.9 Å². The summed E-state index contributed by atoms with van der Waals surface area (Å²) >= 11 is 14.0. The minimum Gasteiger partial charge on any atom is -0.508 e. The number of phenolic OH excluding ortho intramolecular Hbond substituents is 3. The molecule has 3 unspecified atom stereocenters. The van der Waals surface area contributed by atoms with Gasteiger partial charge in [-0.05, 0) is 115 Å². The van der Waals surface area contributed by atoms with Crippen LogP contribution in [0.3, 0.4) is 0 Å². The van der Waals surface area contributed by atoms with E-state index in [1.54, 1.807) is 0 Å². The minimum absolute atomic E-state index is 0.00859. The fourth-order valence-electron chi connectivity index (χ4n) is 11.4. The number of phenols is 3. The highest BCUT2D eigenvalue weighted by molar-refractivity contribution is 6.32. The Morgan fingerprint density at radius 3 is 1.96 bits per heavy atom. The van der Waals surface area contributed by atoms with Gasteiger partial charge in [0.15, 0.2) is 17.3 Å². The number of benzene rings is 5. The Bertz CT molecular complexity index is 3580. The van der Waals surface area contributed by atoms with Gasteiger partial charge in [-0.3, -0.25) is 28.8 Å². The standard InChI is InChI=1S/C61H67Cl2N5O19.CO2/c1-25(2)12-39(65-3)60(83)68-51-43(74)17-30(20-49(64)75)58(81)67-38-8-7-33-26-4-9-40(71)34(14-26)50-31(13-32(70)21-42(50)73)23-66-59(82)35(22-41(33)72)52(76)27-5-10-44(36(62)15-27)84-46-18-29(38)19-47(85-45-11-6-28(53(51)77)16-37(45)63)57(46)87-61-56(80)55(79)54(78)48(24-69)86-61;2-1-3/h4-6,9-11,13-16,18-19,21,25,30,33,35,38-39,48,51-56,61,65,69-71,73,76-80H,7-8,12,17,20,22-24H2,1-3H3,(H2,64,75)(H,66,82)(H,67,81)(H,68,83);/t30-,33-,35-,38-,39+,48?,51-,52+,53+,54?,55-,56+,61?;/m0./s1. The molecule has 13 atom stereocenters. The topological polar surface area (TPSA) is 430 Å². The van der Waals surface area contributed by atoms with Crippen LogP contribution in [0.4, 0.5) is 0 Å². The number of nitrogens with two attached hydrogens (primary N) is 1. The molecule has 0 spiro atoms. The SMILES string of the molecule is CN[C@H](CC(C)C)C(=O)N[C@H]1C(=O)C[C@@H](CC(N)=O)C(=O)N[C@H]2CC[C@@H]3C(=O)C[C@H](C(=O)NCc4cc(O)cc(O)c4-c4cc3ccc4O)[C@H](O)c3ccc(c(Cl)c3)Oc3cc2cc(c3OC2OC(CO)C(O)[C@H](O)[C@H]2O)Oc2ccc(cc2Cl)[C@H]1O.O=C=O. The smallest absolute Gasteiger partial charge is 0.373 e. The zero-order valence-electron chi connectivity index (χ0n) is 48.5. The van der Waals surface area contributed by atoms with Crippen molar-refractivity contribution >= 4 is 64.5 Å². The van der Waals surface area contributed by atoms with E-state index >= 15 is 9.59 Å². The number of likely N-dealkylation sites (N-methyl/N-ethyl adjacent to an activating group) is 1. The van der Waals surface area contributed by atoms with E-state index in [0.29, 0.717) is 6.42 Å². The lowest BCUT2D eigenvalue weighted by Crippen LogP contribution is -2.60. The number of ketones is 2. The molecule has 1 saturated heterocycles. The van der Waals surface area contributed by atoms with E-state index < -0.39 is 151 Å². The van der Waals surface area contributed by atoms with Crippen molar-refractivity contribution in [2.45, 2.75) is 126 Å². The molecule has 90 heavy (non-hydrogen) atoms. The van der Waals surface area contributed by atoms with Gasteiger partial charge in [-0.2, -0.15) is 9.59 Å². The van der Waals surface area contributed by atoms with Crippen LogP contribution in [-0.2, 0) is 49.6 Å². The number of halogens is 2. The summed E-state index contributed by atoms with van der Waals surface area (Å²) in [5.74, 6) is -12.4. The molecule has 11 bridgehead atoms. The Kier molecular flexibility index (Phi) is 21.9. The Labute approximate surface area is 523 Å². The number of ether oxygens (including phenoxy) is 4. The number of fused-ring (bicyclic) bond motifs is 15. The fraction of sp³-hybridized carbons (Fsp3) is 0.403. The summed E-state index contributed by atoms with van der Waals surface area (Å²) in [5, 5.41) is 112. The molecule has 5 aromatic carbocycles. The molecule has 6 aliphatic heterocycles. The highest BCUT2D eigenvalue weighted by Crippen LogP contribution is 2.50. The van der Waals surface area contributed by atoms with Gasteiger partial charge >= 0.3 is 6.15 Å². The van der Waals surface area contributed by atoms with Gasteiger partial charge in [0.05, 0.1) is 46.7 Å². The molecule has 11 rings (SSSR count). The lowest BCUT2D eigenvalue weighted by atomic mass is 9.80. The first-order valence-electron chi connectivity index (χ1n) is 28.5. The maximum atomic E-state index is 15.3. The molecular formula is C62H67Cl2N5O21. The van der Waals surface area contributed by atoms with Gasteiger partial charge in [0.2, 0.25) is 35.7 Å². The zero-order valence-corrected chi connectivity index (χ0v) is 50.0. The Morgan fingerprint density at radius 2 is 1.37 bits per heavy atom. The average Bonchev–Trinajstić information content (AvgIpc) is 0.968. The third kappa shape index (κ3) is 15.1. The number of aliphatic hydroxyl groups excluding tert-OH is 6. The third-order valence-electron chi connectivity index (χ3n) is 16.1. The van der Waals surface area contributed by atoms with E-state index in [0.717, 1.165) is 6.07 Å². The van der Waals surface area contributed by atoms with E-state index in [2.05, 4.69) is 21.3 Å². The quantitative estimate of drug-likeness (QED) is 0.0950. The highest BCUT2D eigenvalue weighted by atomic mass is 35.5. The van der Waals surface area contributed by atoms with Gasteiger partial charge in [0.1, 0.15) is 71.1 Å². The van der Waals surface area contributed by atoms with Crippen molar-refractivity contribution in [3.05, 3.63) is 117 Å². The van der Waals surface area contributed by atoms with Crippen LogP contribution in [-0.4, -0.2) is 144 Å². The summed E-state index contributed by atoms with van der Waals surface area (Å²) in [5.41, 5.74) is 6.15. The number of Topliss-reactive ketones (excluding diaryl/α,β-unsaturated/α-hetero) is 2. The molecule has 0 radical (unpaired) electrons. The summed E-state index contributed by atoms with van der Waals surface area (Å²) < 4.78 is 25.3. The van der Waals surface area contributed by atoms with E-state index in [1.165, 1.54) is 79.8 Å². The Hall–Kier alpha value is -8.24. The van der Waals surface area contributed by atoms with Gasteiger partial charge in [0.25, 0.3) is 0 Å². The number of nitrogens with one attached hydrogen (secondary N) is 4. The van der Waals surface area contributed by atoms with Crippen molar-refractivity contribution in [1.82, 2.24) is 21.3 Å². The van der Waals surface area contributed by atoms with Crippen LogP contribution in [0.1, 0.15) is 104 Å². The Balaban J connectivity index is 0.00000342. The number of rotatable bonds is 10. The molecular weight excluding hydrogens is 1220 g/mol. The molecule has 28 heteroatoms. The van der Waals surface area contributed by atoms with Crippen molar-refractivity contribution < 1.29 is 103 Å². The molecule has 0 aromatic heterocycles. The molecule has 4 amide bonds. The number of hydrogen-bond acceptors (Lipinski definition) is 22. The first-order valence-corrected chi connectivity index (χ1v) is 29.2. The number of aliphatic hydroxyl groups is 6. The summed E-state index contributed by atoms with van der Waals surface area (Å²) in [7, 11) is 1.54. The summed E-state index contributed by atoms with van der Waals surface area (Å²) in [4.78, 5) is 103. The summed E-state index contributed by atoms with van der Waals surface area (Å²) in [6, 6.07) is 12.9. The second-order valence-electron chi connectivity index (χ2n) is 22.7. The molecule has 26 nitrogen and oxygen atoms in total. The predicted molar refractivity (Wildman–Crippen MR) is 315 cm³/mol. The maximum absolute atomic E-state index is 15.3. The van der Waals surface area contributed by atoms with Gasteiger partial charge in [-0.25, -0.2) is 0 Å².